The average molecular weight is 266 g/mol. The molecule has 0 aliphatic carbocycles. The summed E-state index contributed by atoms with van der Waals surface area (Å²) in [7, 11) is 0. The van der Waals surface area contributed by atoms with E-state index < -0.39 is 0 Å². The van der Waals surface area contributed by atoms with Crippen LogP contribution in [0.25, 0.3) is 0 Å². The highest BCUT2D eigenvalue weighted by molar-refractivity contribution is 7.98. The molecule has 0 atom stereocenters. The van der Waals surface area contributed by atoms with Gasteiger partial charge in [0.25, 0.3) is 0 Å². The lowest BCUT2D eigenvalue weighted by Crippen LogP contribution is -1.85. The van der Waals surface area contributed by atoms with Crippen molar-refractivity contribution in [3.05, 3.63) is 20.4 Å². The fraction of sp³-hybridized carbons (Fsp3) is 0.167. The molecule has 0 aliphatic heterocycles. The molecular weight excluding hydrogens is 263 g/mol. The molecule has 0 unspecified atom stereocenters. The normalized spacial score (nSPS) is 10.4. The Balaban J connectivity index is 3.42. The first-order valence-corrected chi connectivity index (χ1v) is 5.55. The van der Waals surface area contributed by atoms with Crippen molar-refractivity contribution in [2.75, 3.05) is 6.26 Å². The molecule has 0 aromatic carbocycles. The van der Waals surface area contributed by atoms with Gasteiger partial charge in [0, 0.05) is 0 Å². The van der Waals surface area contributed by atoms with Crippen molar-refractivity contribution in [2.24, 2.45) is 0 Å². The topological polar surface area (TPSA) is 12.9 Å². The Hall–Kier alpha value is 0.660. The van der Waals surface area contributed by atoms with Crippen LogP contribution in [0.5, 0.6) is 0 Å². The second kappa shape index (κ2) is 4.25. The van der Waals surface area contributed by atoms with Crippen LogP contribution in [0.15, 0.2) is 4.90 Å². The van der Waals surface area contributed by atoms with Gasteiger partial charge >= 0.3 is 0 Å². The van der Waals surface area contributed by atoms with Gasteiger partial charge in [-0.1, -0.05) is 46.4 Å². The number of halogens is 4. The third-order valence-electron chi connectivity index (χ3n) is 1.16. The van der Waals surface area contributed by atoms with Gasteiger partial charge < -0.3 is 0 Å². The zero-order valence-corrected chi connectivity index (χ0v) is 9.71. The number of rotatable bonds is 1. The smallest absolute Gasteiger partial charge is 0.150 e. The minimum Gasteiger partial charge on any atom is -0.221 e. The summed E-state index contributed by atoms with van der Waals surface area (Å²) < 4.78 is 0. The Morgan fingerprint density at radius 1 is 1.00 bits per heavy atom. The highest BCUT2D eigenvalue weighted by atomic mass is 35.5. The van der Waals surface area contributed by atoms with E-state index in [0.29, 0.717) is 14.9 Å². The van der Waals surface area contributed by atoms with E-state index in [-0.39, 0.29) is 10.3 Å². The van der Waals surface area contributed by atoms with E-state index in [2.05, 4.69) is 4.98 Å². The molecule has 0 radical (unpaired) electrons. The predicted octanol–water partition coefficient (Wildman–Crippen LogP) is 4.42. The highest BCUT2D eigenvalue weighted by Crippen LogP contribution is 2.39. The van der Waals surface area contributed by atoms with E-state index >= 15 is 0 Å². The van der Waals surface area contributed by atoms with Gasteiger partial charge in [-0.05, 0) is 6.26 Å². The van der Waals surface area contributed by atoms with E-state index in [1.165, 1.54) is 11.8 Å². The van der Waals surface area contributed by atoms with Crippen LogP contribution in [-0.2, 0) is 0 Å². The molecule has 0 aliphatic rings. The van der Waals surface area contributed by atoms with E-state index in [1.54, 1.807) is 0 Å². The Morgan fingerprint density at radius 3 is 1.75 bits per heavy atom. The fourth-order valence-electron chi connectivity index (χ4n) is 0.647. The Labute approximate surface area is 94.4 Å². The molecule has 0 N–H and O–H groups in total. The molecule has 66 valence electrons. The first kappa shape index (κ1) is 10.7. The standard InChI is InChI=1S/C6H3Cl4NS/c1-12-4-2(7)5(9)11-6(10)3(4)8/h1H3/i5+1,6+1,11+1. The van der Waals surface area contributed by atoms with Crippen molar-refractivity contribution >= 4 is 58.2 Å². The Kier molecular flexibility index (Phi) is 3.80. The summed E-state index contributed by atoms with van der Waals surface area (Å²) in [6.45, 7) is 0. The van der Waals surface area contributed by atoms with Crippen molar-refractivity contribution < 1.29 is 0 Å². The van der Waals surface area contributed by atoms with E-state index in [4.69, 9.17) is 46.4 Å². The monoisotopic (exact) mass is 264 g/mol. The molecule has 0 bridgehead atoms. The maximum absolute atomic E-state index is 5.81. The Bertz CT molecular complexity index is 289. The van der Waals surface area contributed by atoms with Crippen LogP contribution >= 0.6 is 58.2 Å². The Morgan fingerprint density at radius 2 is 1.42 bits per heavy atom. The highest BCUT2D eigenvalue weighted by Gasteiger charge is 2.13. The van der Waals surface area contributed by atoms with Gasteiger partial charge in [0.05, 0.1) is 14.9 Å². The zero-order valence-electron chi connectivity index (χ0n) is 5.87. The maximum Gasteiger partial charge on any atom is 0.150 e. The van der Waals surface area contributed by atoms with E-state index in [1.807, 2.05) is 6.26 Å². The summed E-state index contributed by atoms with van der Waals surface area (Å²) in [5.74, 6) is 0. The molecule has 0 fully saturated rings. The minimum atomic E-state index is 0.176. The molecule has 0 saturated carbocycles. The number of thioether (sulfide) groups is 1. The lowest BCUT2D eigenvalue weighted by atomic mass is 10.6. The molecule has 1 aromatic rings. The number of nitrogens with zero attached hydrogens (tertiary/aromatic N) is 1. The maximum atomic E-state index is 5.81. The van der Waals surface area contributed by atoms with Crippen molar-refractivity contribution in [3.8, 4) is 0 Å². The first-order chi connectivity index (χ1) is 5.57. The van der Waals surface area contributed by atoms with Gasteiger partial charge in [0.1, 0.15) is 0 Å². The van der Waals surface area contributed by atoms with Gasteiger partial charge in [-0.2, -0.15) is 0 Å². The molecule has 1 rings (SSSR count). The van der Waals surface area contributed by atoms with Crippen LogP contribution in [-0.4, -0.2) is 11.2 Å². The van der Waals surface area contributed by atoms with Crippen molar-refractivity contribution in [2.45, 2.75) is 4.90 Å². The van der Waals surface area contributed by atoms with Gasteiger partial charge in [-0.3, -0.25) is 0 Å². The number of hydrogen-bond acceptors (Lipinski definition) is 2. The number of hydrogen-bond donors (Lipinski definition) is 0. The molecule has 0 saturated heterocycles. The lowest BCUT2D eigenvalue weighted by molar-refractivity contribution is 1.26. The number of aromatic nitrogens is 1. The minimum absolute atomic E-state index is 0.176. The molecule has 0 amide bonds. The predicted molar refractivity (Wildman–Crippen MR) is 56.1 cm³/mol. The summed E-state index contributed by atoms with van der Waals surface area (Å²) in [4.78, 5) is 4.39. The summed E-state index contributed by atoms with van der Waals surface area (Å²) >= 11 is 24.3. The summed E-state index contributed by atoms with van der Waals surface area (Å²) in [6, 6.07) is 0. The summed E-state index contributed by atoms with van der Waals surface area (Å²) in [5, 5.41) is 1.04. The second-order valence-corrected chi connectivity index (χ2v) is 4.14. The van der Waals surface area contributed by atoms with Crippen molar-refractivity contribution in [3.63, 3.8) is 0 Å². The quantitative estimate of drug-likeness (QED) is 0.551. The average Bonchev–Trinajstić information content (AvgIpc) is 2.02. The second-order valence-electron chi connectivity index (χ2n) is 1.85. The third-order valence-corrected chi connectivity index (χ3v) is 3.68. The van der Waals surface area contributed by atoms with Crippen molar-refractivity contribution in [1.82, 2.24) is 4.98 Å². The van der Waals surface area contributed by atoms with Crippen LogP contribution in [0.2, 0.25) is 20.4 Å². The number of pyridine rings is 1. The van der Waals surface area contributed by atoms with Crippen LogP contribution in [0.1, 0.15) is 0 Å². The molecular formula is C6H3Cl4NS. The van der Waals surface area contributed by atoms with E-state index in [0.717, 1.165) is 0 Å². The lowest BCUT2D eigenvalue weighted by Gasteiger charge is -2.05. The fourth-order valence-corrected chi connectivity index (χ4v) is 2.50. The molecule has 6 heteroatoms. The van der Waals surface area contributed by atoms with Gasteiger partial charge in [-0.25, -0.2) is 4.98 Å². The van der Waals surface area contributed by atoms with Crippen LogP contribution in [0.3, 0.4) is 0 Å². The summed E-state index contributed by atoms with van der Waals surface area (Å²) in [5.41, 5.74) is 0. The first-order valence-electron chi connectivity index (χ1n) is 2.82. The van der Waals surface area contributed by atoms with E-state index in [9.17, 15) is 0 Å². The SMILES string of the molecule is CSc1c(Cl)[13c](Cl)[15n][13c](Cl)c1Cl. The van der Waals surface area contributed by atoms with Crippen LogP contribution in [0, 0.1) is 0 Å². The van der Waals surface area contributed by atoms with Gasteiger partial charge in [0.15, 0.2) is 10.3 Å². The molecule has 12 heavy (non-hydrogen) atoms. The molecule has 0 spiro atoms. The van der Waals surface area contributed by atoms with Crippen LogP contribution < -0.4 is 0 Å². The summed E-state index contributed by atoms with van der Waals surface area (Å²) in [6.07, 6.45) is 1.83. The molecule has 1 heterocycles. The third kappa shape index (κ3) is 1.94. The molecule has 1 aromatic heterocycles. The molecule has 1 nitrogen and oxygen atoms in total. The largest absolute Gasteiger partial charge is 0.221 e. The van der Waals surface area contributed by atoms with Crippen molar-refractivity contribution in [1.29, 1.82) is 0 Å². The zero-order chi connectivity index (χ0) is 9.30. The van der Waals surface area contributed by atoms with Crippen LogP contribution in [0.4, 0.5) is 0 Å². The van der Waals surface area contributed by atoms with Gasteiger partial charge in [0.2, 0.25) is 0 Å². The van der Waals surface area contributed by atoms with Gasteiger partial charge in [-0.15, -0.1) is 11.8 Å².